The smallest absolute Gasteiger partial charge is 0.243 e. The number of nitrogens with zero attached hydrogens (tertiary/aromatic N) is 1. The number of fused-ring (bicyclic) bond motifs is 2. The van der Waals surface area contributed by atoms with Crippen molar-refractivity contribution in [3.05, 3.63) is 21.4 Å². The number of thiophene rings is 1. The summed E-state index contributed by atoms with van der Waals surface area (Å²) in [6, 6.07) is 2.26. The minimum atomic E-state index is -2.30. The number of halogens is 2. The van der Waals surface area contributed by atoms with Crippen LogP contribution >= 0.6 is 11.3 Å². The lowest BCUT2D eigenvalue weighted by molar-refractivity contribution is -0.120. The number of ether oxygens (including phenoxy) is 2. The molecule has 4 atom stereocenters. The van der Waals surface area contributed by atoms with Gasteiger partial charge in [0, 0.05) is 28.8 Å². The van der Waals surface area contributed by atoms with Gasteiger partial charge in [0.15, 0.2) is 0 Å². The number of hydrogen-bond donors (Lipinski definition) is 1. The molecular formula is C18H25F2NO3S. The predicted molar refractivity (Wildman–Crippen MR) is 91.4 cm³/mol. The maximum absolute atomic E-state index is 12.8. The second-order valence-electron chi connectivity index (χ2n) is 7.47. The number of alkyl halides is 2. The van der Waals surface area contributed by atoms with Crippen molar-refractivity contribution in [2.24, 2.45) is 0 Å². The normalized spacial score (nSPS) is 36.3. The Hall–Kier alpha value is -0.600. The lowest BCUT2D eigenvalue weighted by Crippen LogP contribution is -2.56. The van der Waals surface area contributed by atoms with E-state index in [9.17, 15) is 13.9 Å². The molecule has 25 heavy (non-hydrogen) atoms. The van der Waals surface area contributed by atoms with E-state index in [1.165, 1.54) is 16.9 Å². The van der Waals surface area contributed by atoms with Crippen molar-refractivity contribution in [1.82, 2.24) is 4.90 Å². The molecule has 7 heteroatoms. The molecule has 4 heterocycles. The molecular weight excluding hydrogens is 348 g/mol. The zero-order valence-corrected chi connectivity index (χ0v) is 15.2. The first kappa shape index (κ1) is 17.8. The molecule has 140 valence electrons. The van der Waals surface area contributed by atoms with Crippen LogP contribution < -0.4 is 0 Å². The Morgan fingerprint density at radius 1 is 1.44 bits per heavy atom. The second-order valence-corrected chi connectivity index (χ2v) is 8.60. The molecule has 0 amide bonds. The number of likely N-dealkylation sites (tertiary alicyclic amines) is 1. The van der Waals surface area contributed by atoms with Crippen molar-refractivity contribution in [3.63, 3.8) is 0 Å². The molecule has 2 saturated heterocycles. The summed E-state index contributed by atoms with van der Waals surface area (Å²) < 4.78 is 37.2. The molecule has 0 aliphatic carbocycles. The van der Waals surface area contributed by atoms with Gasteiger partial charge in [0.2, 0.25) is 6.43 Å². The lowest BCUT2D eigenvalue weighted by atomic mass is 9.81. The van der Waals surface area contributed by atoms with Gasteiger partial charge in [0.1, 0.15) is 5.60 Å². The third-order valence-corrected chi connectivity index (χ3v) is 7.18. The number of aliphatic hydroxyl groups is 1. The monoisotopic (exact) mass is 373 g/mol. The standard InChI is InChI=1S/C18H25F2NO3S/c1-11-8-18(3-4-21(11)14-9-23-10-15(14)22)17-12(2-5-24-18)6-13(25-17)7-16(19)20/h6,11,14-16,22H,2-5,7-10H2,1H3/t11-,14?,15?,18+/m0/s1. The van der Waals surface area contributed by atoms with Crippen LogP contribution in [0.4, 0.5) is 8.78 Å². The van der Waals surface area contributed by atoms with E-state index in [4.69, 9.17) is 9.47 Å². The van der Waals surface area contributed by atoms with Gasteiger partial charge in [-0.1, -0.05) is 0 Å². The van der Waals surface area contributed by atoms with Gasteiger partial charge in [0.05, 0.1) is 32.0 Å². The summed E-state index contributed by atoms with van der Waals surface area (Å²) in [5.41, 5.74) is 0.843. The number of hydrogen-bond acceptors (Lipinski definition) is 5. The minimum absolute atomic E-state index is 0.0492. The predicted octanol–water partition coefficient (Wildman–Crippen LogP) is 2.57. The Bertz CT molecular complexity index is 625. The van der Waals surface area contributed by atoms with E-state index < -0.39 is 12.5 Å². The molecule has 1 N–H and O–H groups in total. The van der Waals surface area contributed by atoms with E-state index in [-0.39, 0.29) is 24.1 Å². The number of rotatable bonds is 3. The average molecular weight is 373 g/mol. The fraction of sp³-hybridized carbons (Fsp3) is 0.778. The third kappa shape index (κ3) is 3.25. The Balaban J connectivity index is 1.55. The van der Waals surface area contributed by atoms with Crippen LogP contribution in [0.1, 0.15) is 35.1 Å². The van der Waals surface area contributed by atoms with E-state index in [1.807, 2.05) is 6.07 Å². The highest BCUT2D eigenvalue weighted by Gasteiger charge is 2.47. The van der Waals surface area contributed by atoms with Gasteiger partial charge in [-0.2, -0.15) is 0 Å². The Morgan fingerprint density at radius 2 is 2.28 bits per heavy atom. The third-order valence-electron chi connectivity index (χ3n) is 5.79. The summed E-state index contributed by atoms with van der Waals surface area (Å²) in [6.45, 7) is 4.62. The molecule has 0 aromatic carbocycles. The van der Waals surface area contributed by atoms with Crippen LogP contribution in [-0.2, 0) is 27.9 Å². The van der Waals surface area contributed by atoms with Crippen LogP contribution in [0.3, 0.4) is 0 Å². The van der Waals surface area contributed by atoms with Gasteiger partial charge >= 0.3 is 0 Å². The molecule has 0 bridgehead atoms. The van der Waals surface area contributed by atoms with Gasteiger partial charge in [0.25, 0.3) is 0 Å². The quantitative estimate of drug-likeness (QED) is 0.884. The average Bonchev–Trinajstić information content (AvgIpc) is 3.14. The van der Waals surface area contributed by atoms with Crippen LogP contribution in [0.15, 0.2) is 6.07 Å². The van der Waals surface area contributed by atoms with Crippen LogP contribution in [0.5, 0.6) is 0 Å². The van der Waals surface area contributed by atoms with E-state index in [2.05, 4.69) is 11.8 Å². The van der Waals surface area contributed by atoms with Crippen molar-refractivity contribution in [2.75, 3.05) is 26.4 Å². The number of piperidine rings is 1. The maximum Gasteiger partial charge on any atom is 0.243 e. The van der Waals surface area contributed by atoms with E-state index in [0.717, 1.165) is 35.6 Å². The van der Waals surface area contributed by atoms with Crippen LogP contribution in [0, 0.1) is 0 Å². The summed E-state index contributed by atoms with van der Waals surface area (Å²) in [6.07, 6.45) is -0.425. The van der Waals surface area contributed by atoms with Crippen molar-refractivity contribution in [2.45, 2.75) is 62.8 Å². The molecule has 2 unspecified atom stereocenters. The Labute approximate surface area is 150 Å². The van der Waals surface area contributed by atoms with Crippen LogP contribution in [0.25, 0.3) is 0 Å². The summed E-state index contributed by atoms with van der Waals surface area (Å²) >= 11 is 1.51. The topological polar surface area (TPSA) is 41.9 Å². The first-order valence-corrected chi connectivity index (χ1v) is 9.86. The van der Waals surface area contributed by atoms with Crippen molar-refractivity contribution in [1.29, 1.82) is 0 Å². The van der Waals surface area contributed by atoms with E-state index >= 15 is 0 Å². The molecule has 4 rings (SSSR count). The summed E-state index contributed by atoms with van der Waals surface area (Å²) in [5.74, 6) is 0. The van der Waals surface area contributed by atoms with Crippen molar-refractivity contribution < 1.29 is 23.4 Å². The highest BCUT2D eigenvalue weighted by Crippen LogP contribution is 2.47. The highest BCUT2D eigenvalue weighted by atomic mass is 32.1. The first-order valence-electron chi connectivity index (χ1n) is 9.04. The molecule has 2 fully saturated rings. The molecule has 3 aliphatic heterocycles. The highest BCUT2D eigenvalue weighted by molar-refractivity contribution is 7.12. The molecule has 1 spiro atoms. The first-order chi connectivity index (χ1) is 12.0. The SMILES string of the molecule is C[C@H]1C[C@@]2(CCN1C1COCC1O)OCCc1cc(CC(F)F)sc12. The summed E-state index contributed by atoms with van der Waals surface area (Å²) in [5, 5.41) is 10.1. The van der Waals surface area contributed by atoms with Gasteiger partial charge in [-0.15, -0.1) is 11.3 Å². The largest absolute Gasteiger partial charge is 0.389 e. The Kier molecular flexibility index (Phi) is 4.88. The zero-order chi connectivity index (χ0) is 17.6. The van der Waals surface area contributed by atoms with E-state index in [1.54, 1.807) is 0 Å². The summed E-state index contributed by atoms with van der Waals surface area (Å²) in [4.78, 5) is 4.25. The Morgan fingerprint density at radius 3 is 2.96 bits per heavy atom. The van der Waals surface area contributed by atoms with Gasteiger partial charge in [-0.25, -0.2) is 8.78 Å². The van der Waals surface area contributed by atoms with E-state index in [0.29, 0.717) is 19.8 Å². The zero-order valence-electron chi connectivity index (χ0n) is 14.4. The summed E-state index contributed by atoms with van der Waals surface area (Å²) in [7, 11) is 0. The van der Waals surface area contributed by atoms with Gasteiger partial charge < -0.3 is 14.6 Å². The van der Waals surface area contributed by atoms with Crippen LogP contribution in [-0.4, -0.2) is 61.0 Å². The van der Waals surface area contributed by atoms with Crippen molar-refractivity contribution >= 4 is 11.3 Å². The molecule has 0 saturated carbocycles. The minimum Gasteiger partial charge on any atom is -0.389 e. The maximum atomic E-state index is 12.8. The second kappa shape index (κ2) is 6.85. The fourth-order valence-corrected chi connectivity index (χ4v) is 6.03. The van der Waals surface area contributed by atoms with Gasteiger partial charge in [-0.3, -0.25) is 4.90 Å². The molecule has 1 aromatic heterocycles. The lowest BCUT2D eigenvalue weighted by Gasteiger charge is -2.49. The molecule has 0 radical (unpaired) electrons. The van der Waals surface area contributed by atoms with Crippen LogP contribution in [0.2, 0.25) is 0 Å². The van der Waals surface area contributed by atoms with Crippen molar-refractivity contribution in [3.8, 4) is 0 Å². The van der Waals surface area contributed by atoms with Gasteiger partial charge in [-0.05, 0) is 37.8 Å². The molecule has 3 aliphatic rings. The molecule has 1 aromatic rings. The fourth-order valence-electron chi connectivity index (χ4n) is 4.64. The molecule has 4 nitrogen and oxygen atoms in total. The number of aliphatic hydroxyl groups excluding tert-OH is 1.